The summed E-state index contributed by atoms with van der Waals surface area (Å²) in [6, 6.07) is 0.469. The molecule has 0 aromatic carbocycles. The van der Waals surface area contributed by atoms with Gasteiger partial charge in [0.2, 0.25) is 0 Å². The van der Waals surface area contributed by atoms with Crippen molar-refractivity contribution >= 4 is 0 Å². The van der Waals surface area contributed by atoms with E-state index >= 15 is 0 Å². The highest BCUT2D eigenvalue weighted by Crippen LogP contribution is 2.65. The zero-order valence-corrected chi connectivity index (χ0v) is 8.61. The van der Waals surface area contributed by atoms with Crippen molar-refractivity contribution in [3.63, 3.8) is 0 Å². The first-order valence-electron chi connectivity index (χ1n) is 6.22. The van der Waals surface area contributed by atoms with Crippen molar-refractivity contribution in [1.82, 2.24) is 0 Å². The van der Waals surface area contributed by atoms with Crippen LogP contribution in [0.1, 0.15) is 38.5 Å². The van der Waals surface area contributed by atoms with E-state index in [4.69, 9.17) is 10.5 Å². The predicted molar refractivity (Wildman–Crippen MR) is 53.8 cm³/mol. The topological polar surface area (TPSA) is 35.2 Å². The Kier molecular flexibility index (Phi) is 1.37. The van der Waals surface area contributed by atoms with E-state index in [0.29, 0.717) is 23.7 Å². The maximum atomic E-state index is 6.47. The van der Waals surface area contributed by atoms with E-state index in [0.717, 1.165) is 11.8 Å². The van der Waals surface area contributed by atoms with Crippen molar-refractivity contribution in [2.45, 2.75) is 56.8 Å². The lowest BCUT2D eigenvalue weighted by Gasteiger charge is -2.43. The third-order valence-corrected chi connectivity index (χ3v) is 5.65. The van der Waals surface area contributed by atoms with Gasteiger partial charge in [0.15, 0.2) is 0 Å². The molecule has 6 atom stereocenters. The van der Waals surface area contributed by atoms with Crippen LogP contribution in [0, 0.1) is 17.3 Å². The largest absolute Gasteiger partial charge is 0.374 e. The molecule has 14 heavy (non-hydrogen) atoms. The van der Waals surface area contributed by atoms with E-state index in [9.17, 15) is 0 Å². The van der Waals surface area contributed by atoms with E-state index < -0.39 is 0 Å². The van der Waals surface area contributed by atoms with Crippen LogP contribution >= 0.6 is 0 Å². The van der Waals surface area contributed by atoms with Crippen molar-refractivity contribution in [2.24, 2.45) is 23.0 Å². The van der Waals surface area contributed by atoms with Gasteiger partial charge < -0.3 is 10.5 Å². The second kappa shape index (κ2) is 2.35. The molecule has 2 aliphatic heterocycles. The molecular weight excluding hydrogens is 174 g/mol. The summed E-state index contributed by atoms with van der Waals surface area (Å²) in [6.45, 7) is 0. The molecule has 4 bridgehead atoms. The van der Waals surface area contributed by atoms with Crippen LogP contribution in [0.15, 0.2) is 0 Å². The van der Waals surface area contributed by atoms with Crippen molar-refractivity contribution < 1.29 is 4.74 Å². The van der Waals surface area contributed by atoms with Crippen molar-refractivity contribution in [1.29, 1.82) is 0 Å². The van der Waals surface area contributed by atoms with Crippen LogP contribution in [0.4, 0.5) is 0 Å². The second-order valence-electron chi connectivity index (χ2n) is 5.94. The lowest BCUT2D eigenvalue weighted by Crippen LogP contribution is -2.51. The average Bonchev–Trinajstić information content (AvgIpc) is 2.91. The van der Waals surface area contributed by atoms with Gasteiger partial charge in [-0.2, -0.15) is 0 Å². The third kappa shape index (κ3) is 0.704. The highest BCUT2D eigenvalue weighted by molar-refractivity contribution is 5.16. The molecule has 2 nitrogen and oxygen atoms in total. The minimum atomic E-state index is 0.436. The molecule has 4 fully saturated rings. The summed E-state index contributed by atoms with van der Waals surface area (Å²) in [5.41, 5.74) is 6.90. The van der Waals surface area contributed by atoms with Crippen LogP contribution in [0.3, 0.4) is 0 Å². The monoisotopic (exact) mass is 193 g/mol. The molecule has 4 rings (SSSR count). The molecule has 0 aromatic heterocycles. The van der Waals surface area contributed by atoms with Gasteiger partial charge in [-0.1, -0.05) is 0 Å². The number of ether oxygens (including phenoxy) is 1. The summed E-state index contributed by atoms with van der Waals surface area (Å²) in [5, 5.41) is 0. The summed E-state index contributed by atoms with van der Waals surface area (Å²) in [5.74, 6) is 1.75. The standard InChI is InChI=1S/C12H19NO/c13-11-7-1-2-8(5-7)12(11)6-9-3-4-10(12)14-9/h7-11H,1-6,13H2/t7-,8+,9+,10?,11-,12?/m0/s1. The Labute approximate surface area is 85.2 Å². The number of rotatable bonds is 0. The fourth-order valence-corrected chi connectivity index (χ4v) is 5.10. The van der Waals surface area contributed by atoms with Gasteiger partial charge in [-0.05, 0) is 50.4 Å². The molecule has 2 N–H and O–H groups in total. The minimum absolute atomic E-state index is 0.436. The quantitative estimate of drug-likeness (QED) is 0.635. The van der Waals surface area contributed by atoms with Gasteiger partial charge >= 0.3 is 0 Å². The Bertz CT molecular complexity index is 268. The maximum absolute atomic E-state index is 6.47. The van der Waals surface area contributed by atoms with Crippen LogP contribution in [0.2, 0.25) is 0 Å². The van der Waals surface area contributed by atoms with Crippen molar-refractivity contribution in [3.05, 3.63) is 0 Å². The summed E-state index contributed by atoms with van der Waals surface area (Å²) < 4.78 is 6.05. The first-order chi connectivity index (χ1) is 6.80. The molecule has 2 unspecified atom stereocenters. The number of hydrogen-bond donors (Lipinski definition) is 1. The molecule has 2 heteroatoms. The normalized spacial score (nSPS) is 64.5. The van der Waals surface area contributed by atoms with E-state index in [2.05, 4.69) is 0 Å². The second-order valence-corrected chi connectivity index (χ2v) is 5.94. The van der Waals surface area contributed by atoms with Crippen LogP contribution in [0.25, 0.3) is 0 Å². The zero-order valence-electron chi connectivity index (χ0n) is 8.61. The Hall–Kier alpha value is -0.0800. The van der Waals surface area contributed by atoms with E-state index in [1.807, 2.05) is 0 Å². The van der Waals surface area contributed by atoms with Gasteiger partial charge in [0.25, 0.3) is 0 Å². The molecule has 4 aliphatic rings. The summed E-state index contributed by atoms with van der Waals surface area (Å²) in [7, 11) is 0. The summed E-state index contributed by atoms with van der Waals surface area (Å²) >= 11 is 0. The smallest absolute Gasteiger partial charge is 0.0654 e. The van der Waals surface area contributed by atoms with E-state index in [-0.39, 0.29) is 0 Å². The Morgan fingerprint density at radius 3 is 2.64 bits per heavy atom. The highest BCUT2D eigenvalue weighted by Gasteiger charge is 2.65. The predicted octanol–water partition coefficient (Wildman–Crippen LogP) is 1.68. The third-order valence-electron chi connectivity index (χ3n) is 5.65. The van der Waals surface area contributed by atoms with Crippen molar-refractivity contribution in [3.8, 4) is 0 Å². The van der Waals surface area contributed by atoms with Gasteiger partial charge in [0.05, 0.1) is 12.2 Å². The van der Waals surface area contributed by atoms with E-state index in [1.54, 1.807) is 0 Å². The van der Waals surface area contributed by atoms with Crippen LogP contribution < -0.4 is 5.73 Å². The average molecular weight is 193 g/mol. The van der Waals surface area contributed by atoms with Gasteiger partial charge in [-0.25, -0.2) is 0 Å². The van der Waals surface area contributed by atoms with Crippen LogP contribution in [-0.2, 0) is 4.74 Å². The molecule has 0 radical (unpaired) electrons. The Balaban J connectivity index is 1.76. The van der Waals surface area contributed by atoms with E-state index in [1.165, 1.54) is 38.5 Å². The molecule has 2 aliphatic carbocycles. The number of fused-ring (bicyclic) bond motifs is 6. The lowest BCUT2D eigenvalue weighted by atomic mass is 9.62. The molecule has 0 aromatic rings. The summed E-state index contributed by atoms with van der Waals surface area (Å²) in [6.07, 6.45) is 9.24. The van der Waals surface area contributed by atoms with Gasteiger partial charge in [0.1, 0.15) is 0 Å². The first kappa shape index (κ1) is 8.12. The molecule has 2 saturated carbocycles. The molecule has 0 amide bonds. The van der Waals surface area contributed by atoms with Gasteiger partial charge in [0, 0.05) is 11.5 Å². The fourth-order valence-electron chi connectivity index (χ4n) is 5.10. The van der Waals surface area contributed by atoms with Crippen LogP contribution in [0.5, 0.6) is 0 Å². The molecule has 2 heterocycles. The van der Waals surface area contributed by atoms with Crippen LogP contribution in [-0.4, -0.2) is 18.2 Å². The summed E-state index contributed by atoms with van der Waals surface area (Å²) in [4.78, 5) is 0. The zero-order chi connectivity index (χ0) is 9.34. The fraction of sp³-hybridized carbons (Fsp3) is 1.00. The highest BCUT2D eigenvalue weighted by atomic mass is 16.5. The number of nitrogens with two attached hydrogens (primary N) is 1. The SMILES string of the molecule is N[C@H]1[C@H]2CC[C@H](C2)C12C[C@H]1CCC2O1. The van der Waals surface area contributed by atoms with Crippen molar-refractivity contribution in [2.75, 3.05) is 0 Å². The number of hydrogen-bond acceptors (Lipinski definition) is 2. The molecule has 78 valence electrons. The Morgan fingerprint density at radius 2 is 2.07 bits per heavy atom. The van der Waals surface area contributed by atoms with Gasteiger partial charge in [-0.3, -0.25) is 0 Å². The molecule has 2 saturated heterocycles. The molecule has 1 spiro atoms. The maximum Gasteiger partial charge on any atom is 0.0654 e. The minimum Gasteiger partial charge on any atom is -0.374 e. The molecular formula is C12H19NO. The van der Waals surface area contributed by atoms with Gasteiger partial charge in [-0.15, -0.1) is 0 Å². The Morgan fingerprint density at radius 1 is 1.14 bits per heavy atom. The lowest BCUT2D eigenvalue weighted by molar-refractivity contribution is 0.0185. The first-order valence-corrected chi connectivity index (χ1v) is 6.22.